The summed E-state index contributed by atoms with van der Waals surface area (Å²) in [5.41, 5.74) is 0.989. The van der Waals surface area contributed by atoms with Crippen LogP contribution in [-0.4, -0.2) is 29.2 Å². The van der Waals surface area contributed by atoms with E-state index in [4.69, 9.17) is 33.7 Å². The van der Waals surface area contributed by atoms with Crippen LogP contribution in [0.2, 0.25) is 5.02 Å². The summed E-state index contributed by atoms with van der Waals surface area (Å²) in [6.45, 7) is 0. The zero-order valence-electron chi connectivity index (χ0n) is 14.3. The van der Waals surface area contributed by atoms with Crippen LogP contribution in [0.3, 0.4) is 0 Å². The lowest BCUT2D eigenvalue weighted by atomic mass is 10.2. The van der Waals surface area contributed by atoms with Gasteiger partial charge in [0.2, 0.25) is 5.91 Å². The number of benzene rings is 2. The maximum absolute atomic E-state index is 12.1. The molecule has 2 rings (SSSR count). The summed E-state index contributed by atoms with van der Waals surface area (Å²) in [4.78, 5) is 23.2. The van der Waals surface area contributed by atoms with Gasteiger partial charge in [0.1, 0.15) is 5.75 Å². The Bertz CT molecular complexity index is 982. The van der Waals surface area contributed by atoms with Crippen molar-refractivity contribution in [2.75, 3.05) is 12.4 Å². The largest absolute Gasteiger partial charge is 0.495 e. The number of nitrogens with one attached hydrogen (secondary N) is 2. The van der Waals surface area contributed by atoms with Gasteiger partial charge in [-0.1, -0.05) is 27.5 Å². The van der Waals surface area contributed by atoms with Gasteiger partial charge in [-0.2, -0.15) is 0 Å². The smallest absolute Gasteiger partial charge is 0.337 e. The number of amides is 1. The molecule has 10 heteroatoms. The molecule has 3 N–H and O–H groups in total. The number of methoxy groups -OCH3 is 1. The number of rotatable bonds is 5. The van der Waals surface area contributed by atoms with Crippen LogP contribution in [0.15, 0.2) is 45.4 Å². The Kier molecular flexibility index (Phi) is 7.99. The minimum atomic E-state index is -1.17. The maximum Gasteiger partial charge on any atom is 0.337 e. The standard InChI is InChI=1S/C18H13Br2ClN2O4S/c1-27-16-9(6-10(19)7-13(16)20)2-5-15(24)23-18(28)22-11-3-4-14(21)12(8-11)17(25)26/h2-8H,1H3,(H,25,26)(H2,22,23,24,28). The van der Waals surface area contributed by atoms with Crippen molar-refractivity contribution in [2.24, 2.45) is 0 Å². The highest BCUT2D eigenvalue weighted by Crippen LogP contribution is 2.33. The third-order valence-electron chi connectivity index (χ3n) is 3.35. The highest BCUT2D eigenvalue weighted by atomic mass is 79.9. The Morgan fingerprint density at radius 2 is 1.96 bits per heavy atom. The van der Waals surface area contributed by atoms with Crippen molar-refractivity contribution in [1.29, 1.82) is 0 Å². The molecule has 0 atom stereocenters. The third-order valence-corrected chi connectivity index (χ3v) is 4.93. The summed E-state index contributed by atoms with van der Waals surface area (Å²) in [7, 11) is 1.53. The molecule has 6 nitrogen and oxygen atoms in total. The van der Waals surface area contributed by atoms with Gasteiger partial charge < -0.3 is 15.2 Å². The maximum atomic E-state index is 12.1. The van der Waals surface area contributed by atoms with Crippen molar-refractivity contribution in [1.82, 2.24) is 5.32 Å². The second-order valence-electron chi connectivity index (χ2n) is 5.29. The van der Waals surface area contributed by atoms with Crippen molar-refractivity contribution in [3.05, 3.63) is 61.5 Å². The Morgan fingerprint density at radius 1 is 1.25 bits per heavy atom. The Morgan fingerprint density at radius 3 is 2.61 bits per heavy atom. The molecule has 0 bridgehead atoms. The zero-order chi connectivity index (χ0) is 20.8. The van der Waals surface area contributed by atoms with E-state index < -0.39 is 11.9 Å². The second kappa shape index (κ2) is 10.0. The van der Waals surface area contributed by atoms with Gasteiger partial charge in [-0.25, -0.2) is 4.79 Å². The monoisotopic (exact) mass is 546 g/mol. The topological polar surface area (TPSA) is 87.7 Å². The van der Waals surface area contributed by atoms with Crippen LogP contribution < -0.4 is 15.4 Å². The number of thiocarbonyl (C=S) groups is 1. The van der Waals surface area contributed by atoms with E-state index in [9.17, 15) is 9.59 Å². The van der Waals surface area contributed by atoms with Crippen LogP contribution in [0.25, 0.3) is 6.08 Å². The van der Waals surface area contributed by atoms with Crippen molar-refractivity contribution in [3.63, 3.8) is 0 Å². The van der Waals surface area contributed by atoms with Gasteiger partial charge in [-0.15, -0.1) is 0 Å². The van der Waals surface area contributed by atoms with Crippen molar-refractivity contribution >= 4 is 84.4 Å². The van der Waals surface area contributed by atoms with E-state index in [1.54, 1.807) is 18.2 Å². The Hall–Kier alpha value is -1.94. The molecular formula is C18H13Br2ClN2O4S. The molecule has 146 valence electrons. The summed E-state index contributed by atoms with van der Waals surface area (Å²) >= 11 is 17.7. The molecule has 0 saturated heterocycles. The van der Waals surface area contributed by atoms with Gasteiger partial charge >= 0.3 is 5.97 Å². The molecule has 0 radical (unpaired) electrons. The predicted molar refractivity (Wildman–Crippen MR) is 120 cm³/mol. The molecule has 0 aliphatic heterocycles. The number of carboxylic acid groups (broad SMARTS) is 1. The van der Waals surface area contributed by atoms with Crippen LogP contribution in [0, 0.1) is 0 Å². The second-order valence-corrected chi connectivity index (χ2v) is 7.87. The van der Waals surface area contributed by atoms with E-state index >= 15 is 0 Å². The first kappa shape index (κ1) is 22.4. The molecule has 0 unspecified atom stereocenters. The van der Waals surface area contributed by atoms with E-state index in [2.05, 4.69) is 42.5 Å². The lowest BCUT2D eigenvalue weighted by molar-refractivity contribution is -0.115. The first-order valence-corrected chi connectivity index (χ1v) is 9.94. The quantitative estimate of drug-likeness (QED) is 0.356. The lowest BCUT2D eigenvalue weighted by Crippen LogP contribution is -2.32. The SMILES string of the molecule is COc1c(Br)cc(Br)cc1C=CC(=O)NC(=S)Nc1ccc(Cl)c(C(=O)O)c1. The number of ether oxygens (including phenoxy) is 1. The summed E-state index contributed by atoms with van der Waals surface area (Å²) < 4.78 is 6.87. The normalized spacial score (nSPS) is 10.6. The van der Waals surface area contributed by atoms with Gasteiger partial charge in [-0.3, -0.25) is 10.1 Å². The van der Waals surface area contributed by atoms with Crippen LogP contribution in [0.1, 0.15) is 15.9 Å². The highest BCUT2D eigenvalue weighted by molar-refractivity contribution is 9.11. The minimum absolute atomic E-state index is 0.00991. The van der Waals surface area contributed by atoms with Gasteiger partial charge in [0, 0.05) is 21.8 Å². The number of aromatic carboxylic acids is 1. The molecule has 2 aromatic rings. The van der Waals surface area contributed by atoms with E-state index in [1.807, 2.05) is 6.07 Å². The molecule has 0 heterocycles. The fraction of sp³-hybridized carbons (Fsp3) is 0.0556. The highest BCUT2D eigenvalue weighted by Gasteiger charge is 2.11. The molecule has 0 fully saturated rings. The fourth-order valence-electron chi connectivity index (χ4n) is 2.17. The Labute approximate surface area is 188 Å². The molecule has 2 aromatic carbocycles. The predicted octanol–water partition coefficient (Wildman–Crippen LogP) is 5.10. The average molecular weight is 549 g/mol. The lowest BCUT2D eigenvalue weighted by Gasteiger charge is -2.10. The summed E-state index contributed by atoms with van der Waals surface area (Å²) in [6.07, 6.45) is 2.88. The molecule has 0 aromatic heterocycles. The summed E-state index contributed by atoms with van der Waals surface area (Å²) in [6, 6.07) is 7.92. The average Bonchev–Trinajstić information content (AvgIpc) is 2.60. The summed E-state index contributed by atoms with van der Waals surface area (Å²) in [5.74, 6) is -1.06. The number of carbonyl (C=O) groups is 2. The van der Waals surface area contributed by atoms with Crippen LogP contribution >= 0.6 is 55.7 Å². The van der Waals surface area contributed by atoms with Crippen LogP contribution in [0.5, 0.6) is 5.75 Å². The number of hydrogen-bond donors (Lipinski definition) is 3. The number of carboxylic acids is 1. The van der Waals surface area contributed by atoms with Crippen molar-refractivity contribution in [3.8, 4) is 5.75 Å². The molecule has 0 aliphatic carbocycles. The number of hydrogen-bond acceptors (Lipinski definition) is 4. The molecule has 0 spiro atoms. The first-order chi connectivity index (χ1) is 13.2. The summed E-state index contributed by atoms with van der Waals surface area (Å²) in [5, 5.41) is 14.4. The third kappa shape index (κ3) is 6.03. The van der Waals surface area contributed by atoms with Gasteiger partial charge in [0.25, 0.3) is 0 Å². The first-order valence-electron chi connectivity index (χ1n) is 7.57. The number of halogens is 3. The van der Waals surface area contributed by atoms with Crippen LogP contribution in [-0.2, 0) is 4.79 Å². The van der Waals surface area contributed by atoms with Gasteiger partial charge in [0.05, 0.1) is 22.2 Å². The minimum Gasteiger partial charge on any atom is -0.495 e. The molecule has 28 heavy (non-hydrogen) atoms. The van der Waals surface area contributed by atoms with Crippen molar-refractivity contribution < 1.29 is 19.4 Å². The molecule has 0 saturated carbocycles. The number of anilines is 1. The molecule has 1 amide bonds. The molecular weight excluding hydrogens is 536 g/mol. The number of carbonyl (C=O) groups excluding carboxylic acids is 1. The van der Waals surface area contributed by atoms with E-state index in [1.165, 1.54) is 25.3 Å². The van der Waals surface area contributed by atoms with Gasteiger partial charge in [-0.05, 0) is 64.6 Å². The molecule has 0 aliphatic rings. The van der Waals surface area contributed by atoms with Crippen LogP contribution in [0.4, 0.5) is 5.69 Å². The van der Waals surface area contributed by atoms with E-state index in [0.717, 1.165) is 8.95 Å². The van der Waals surface area contributed by atoms with Gasteiger partial charge in [0.15, 0.2) is 5.11 Å². The van der Waals surface area contributed by atoms with E-state index in [-0.39, 0.29) is 15.7 Å². The fourth-order valence-corrected chi connectivity index (χ4v) is 4.00. The Balaban J connectivity index is 2.06. The van der Waals surface area contributed by atoms with Crippen molar-refractivity contribution in [2.45, 2.75) is 0 Å². The van der Waals surface area contributed by atoms with E-state index in [0.29, 0.717) is 17.0 Å². The zero-order valence-corrected chi connectivity index (χ0v) is 19.0.